The second kappa shape index (κ2) is 6.77. The maximum absolute atomic E-state index is 6.96. The van der Waals surface area contributed by atoms with Gasteiger partial charge in [0.15, 0.2) is 11.5 Å². The smallest absolute Gasteiger partial charge is 0.252 e. The molecule has 23 heavy (non-hydrogen) atoms. The first-order valence-electron chi connectivity index (χ1n) is 7.15. The van der Waals surface area contributed by atoms with Crippen LogP contribution in [-0.2, 0) is 6.54 Å². The molecule has 7 nitrogen and oxygen atoms in total. The van der Waals surface area contributed by atoms with Crippen molar-refractivity contribution >= 4 is 5.69 Å². The Hall–Kier alpha value is -3.11. The molecule has 0 saturated heterocycles. The molecule has 0 aliphatic rings. The van der Waals surface area contributed by atoms with Crippen molar-refractivity contribution in [3.8, 4) is 5.95 Å². The van der Waals surface area contributed by atoms with Gasteiger partial charge in [0.1, 0.15) is 6.33 Å². The van der Waals surface area contributed by atoms with Crippen molar-refractivity contribution < 1.29 is 0 Å². The Labute approximate surface area is 133 Å². The zero-order chi connectivity index (χ0) is 16.1. The Bertz CT molecular complexity index is 802. The quantitative estimate of drug-likeness (QED) is 0.733. The Kier molecular flexibility index (Phi) is 4.36. The van der Waals surface area contributed by atoms with Gasteiger partial charge >= 0.3 is 0 Å². The van der Waals surface area contributed by atoms with E-state index in [-0.39, 0.29) is 6.04 Å². The van der Waals surface area contributed by atoms with Crippen LogP contribution in [0.3, 0.4) is 0 Å². The molecular weight excluding hydrogens is 290 g/mol. The third-order valence-electron chi connectivity index (χ3n) is 3.38. The zero-order valence-electron chi connectivity index (χ0n) is 12.6. The van der Waals surface area contributed by atoms with Gasteiger partial charge in [-0.2, -0.15) is 9.78 Å². The summed E-state index contributed by atoms with van der Waals surface area (Å²) in [5.41, 5.74) is 1.74. The fraction of sp³-hybridized carbons (Fsp3) is 0.188. The van der Waals surface area contributed by atoms with Crippen LogP contribution < -0.4 is 5.32 Å². The summed E-state index contributed by atoms with van der Waals surface area (Å²) >= 11 is 0. The molecule has 1 aromatic carbocycles. The highest BCUT2D eigenvalue weighted by molar-refractivity contribution is 5.45. The first-order valence-corrected chi connectivity index (χ1v) is 7.15. The number of aromatic nitrogens is 5. The van der Waals surface area contributed by atoms with E-state index in [0.717, 1.165) is 11.4 Å². The van der Waals surface area contributed by atoms with Crippen molar-refractivity contribution in [2.24, 2.45) is 0 Å². The number of nitrogens with one attached hydrogen (secondary N) is 1. The molecule has 0 aliphatic carbocycles. The molecule has 2 heterocycles. The van der Waals surface area contributed by atoms with Gasteiger partial charge < -0.3 is 5.32 Å². The minimum Gasteiger partial charge on any atom is -0.303 e. The van der Waals surface area contributed by atoms with Crippen LogP contribution in [0.2, 0.25) is 0 Å². The largest absolute Gasteiger partial charge is 0.303 e. The third kappa shape index (κ3) is 3.39. The van der Waals surface area contributed by atoms with Crippen molar-refractivity contribution in [3.63, 3.8) is 0 Å². The third-order valence-corrected chi connectivity index (χ3v) is 3.38. The topological polar surface area (TPSA) is 72.9 Å². The van der Waals surface area contributed by atoms with E-state index in [1.54, 1.807) is 23.1 Å². The highest BCUT2D eigenvalue weighted by Crippen LogP contribution is 2.15. The molecule has 0 bridgehead atoms. The molecule has 0 aliphatic heterocycles. The number of hydrogen-bond acceptors (Lipinski definition) is 5. The monoisotopic (exact) mass is 305 g/mol. The molecule has 3 aromatic rings. The van der Waals surface area contributed by atoms with Gasteiger partial charge in [-0.25, -0.2) is 19.8 Å². The van der Waals surface area contributed by atoms with Gasteiger partial charge in [0.25, 0.3) is 5.95 Å². The highest BCUT2D eigenvalue weighted by atomic mass is 15.4. The fourth-order valence-electron chi connectivity index (χ4n) is 2.15. The molecule has 114 valence electrons. The molecule has 2 aromatic heterocycles. The van der Waals surface area contributed by atoms with Crippen molar-refractivity contribution in [1.82, 2.24) is 30.0 Å². The van der Waals surface area contributed by atoms with Gasteiger partial charge in [0.2, 0.25) is 0 Å². The standard InChI is InChI=1S/C16H15N7/c1-12(20-10-13-4-6-14(17-2)7-5-13)15-21-11-22-23(15)16-18-8-3-9-19-16/h3-9,11-12,20H,10H2,1H3. The number of nitrogens with zero attached hydrogens (tertiary/aromatic N) is 6. The van der Waals surface area contributed by atoms with Crippen molar-refractivity contribution in [3.05, 3.63) is 71.9 Å². The second-order valence-corrected chi connectivity index (χ2v) is 4.96. The van der Waals surface area contributed by atoms with E-state index >= 15 is 0 Å². The van der Waals surface area contributed by atoms with Crippen molar-refractivity contribution in [1.29, 1.82) is 0 Å². The van der Waals surface area contributed by atoms with Crippen LogP contribution in [-0.4, -0.2) is 24.7 Å². The summed E-state index contributed by atoms with van der Waals surface area (Å²) < 4.78 is 1.62. The lowest BCUT2D eigenvalue weighted by molar-refractivity contribution is 0.528. The molecule has 0 spiro atoms. The zero-order valence-corrected chi connectivity index (χ0v) is 12.6. The van der Waals surface area contributed by atoms with E-state index in [0.29, 0.717) is 18.2 Å². The summed E-state index contributed by atoms with van der Waals surface area (Å²) in [6.07, 6.45) is 4.84. The number of rotatable bonds is 5. The first kappa shape index (κ1) is 14.8. The molecule has 0 saturated carbocycles. The summed E-state index contributed by atoms with van der Waals surface area (Å²) in [7, 11) is 0. The van der Waals surface area contributed by atoms with E-state index < -0.39 is 0 Å². The van der Waals surface area contributed by atoms with E-state index in [9.17, 15) is 0 Å². The summed E-state index contributed by atoms with van der Waals surface area (Å²) in [5, 5.41) is 7.59. The average Bonchev–Trinajstić information content (AvgIpc) is 3.11. The summed E-state index contributed by atoms with van der Waals surface area (Å²) in [6.45, 7) is 9.64. The van der Waals surface area contributed by atoms with Gasteiger partial charge in [-0.3, -0.25) is 0 Å². The van der Waals surface area contributed by atoms with Crippen molar-refractivity contribution in [2.75, 3.05) is 0 Å². The average molecular weight is 305 g/mol. The Morgan fingerprint density at radius 2 is 1.91 bits per heavy atom. The predicted octanol–water partition coefficient (Wildman–Crippen LogP) is 2.46. The van der Waals surface area contributed by atoms with Crippen LogP contribution in [0.4, 0.5) is 5.69 Å². The van der Waals surface area contributed by atoms with E-state index in [4.69, 9.17) is 6.57 Å². The maximum Gasteiger partial charge on any atom is 0.252 e. The van der Waals surface area contributed by atoms with E-state index in [2.05, 4.69) is 30.2 Å². The molecule has 0 radical (unpaired) electrons. The molecule has 3 rings (SSSR count). The minimum atomic E-state index is -0.0261. The molecular formula is C16H15N7. The summed E-state index contributed by atoms with van der Waals surface area (Å²) in [5.74, 6) is 1.24. The number of hydrogen-bond donors (Lipinski definition) is 1. The van der Waals surface area contributed by atoms with Gasteiger partial charge in [-0.15, -0.1) is 0 Å². The normalized spacial score (nSPS) is 11.8. The predicted molar refractivity (Wildman–Crippen MR) is 84.9 cm³/mol. The highest BCUT2D eigenvalue weighted by Gasteiger charge is 2.15. The Morgan fingerprint density at radius 1 is 1.17 bits per heavy atom. The van der Waals surface area contributed by atoms with Gasteiger partial charge in [-0.05, 0) is 18.6 Å². The lowest BCUT2D eigenvalue weighted by Crippen LogP contribution is -2.22. The van der Waals surface area contributed by atoms with Gasteiger partial charge in [-0.1, -0.05) is 24.3 Å². The first-order chi connectivity index (χ1) is 11.3. The summed E-state index contributed by atoms with van der Waals surface area (Å²) in [6, 6.07) is 9.25. The molecule has 7 heteroatoms. The van der Waals surface area contributed by atoms with Crippen LogP contribution in [0.25, 0.3) is 10.8 Å². The van der Waals surface area contributed by atoms with Crippen LogP contribution in [0.15, 0.2) is 49.1 Å². The van der Waals surface area contributed by atoms with Crippen LogP contribution in [0, 0.1) is 6.57 Å². The van der Waals surface area contributed by atoms with Crippen LogP contribution in [0.5, 0.6) is 0 Å². The minimum absolute atomic E-state index is 0.0261. The molecule has 1 atom stereocenters. The Morgan fingerprint density at radius 3 is 2.61 bits per heavy atom. The number of benzene rings is 1. The molecule has 1 unspecified atom stereocenters. The summed E-state index contributed by atoms with van der Waals surface area (Å²) in [4.78, 5) is 16.1. The molecule has 0 fully saturated rings. The Balaban J connectivity index is 1.70. The van der Waals surface area contributed by atoms with Crippen LogP contribution in [0.1, 0.15) is 24.4 Å². The molecule has 1 N–H and O–H groups in total. The van der Waals surface area contributed by atoms with Crippen LogP contribution >= 0.6 is 0 Å². The lowest BCUT2D eigenvalue weighted by Gasteiger charge is -2.13. The SMILES string of the molecule is [C-]#[N+]c1ccc(CNC(C)c2ncnn2-c2ncccn2)cc1. The second-order valence-electron chi connectivity index (χ2n) is 4.96. The van der Waals surface area contributed by atoms with Gasteiger partial charge in [0, 0.05) is 18.9 Å². The molecule has 0 amide bonds. The van der Waals surface area contributed by atoms with E-state index in [1.165, 1.54) is 6.33 Å². The van der Waals surface area contributed by atoms with Crippen molar-refractivity contribution in [2.45, 2.75) is 19.5 Å². The van der Waals surface area contributed by atoms with E-state index in [1.807, 2.05) is 31.2 Å². The fourth-order valence-corrected chi connectivity index (χ4v) is 2.15. The van der Waals surface area contributed by atoms with Gasteiger partial charge in [0.05, 0.1) is 12.6 Å². The lowest BCUT2D eigenvalue weighted by atomic mass is 10.2. The maximum atomic E-state index is 6.96.